The molecule has 16 nitrogen and oxygen atoms in total. The van der Waals surface area contributed by atoms with Crippen molar-refractivity contribution in [1.29, 1.82) is 0 Å². The first-order valence-corrected chi connectivity index (χ1v) is 21.0. The highest BCUT2D eigenvalue weighted by atomic mass is 19.1. The third-order valence-corrected chi connectivity index (χ3v) is 10.7. The minimum Gasteiger partial charge on any atom is -0.481 e. The van der Waals surface area contributed by atoms with Crippen LogP contribution in [-0.2, 0) is 41.5 Å². The van der Waals surface area contributed by atoms with E-state index in [4.69, 9.17) is 5.73 Å². The normalized spacial score (nSPS) is 14.3. The molecule has 8 N–H and O–H groups in total. The molecule has 0 radical (unpaired) electrons. The number of rotatable bonds is 18. The van der Waals surface area contributed by atoms with E-state index in [-0.39, 0.29) is 56.0 Å². The molecule has 1 amide bonds. The molecule has 364 valence electrons. The summed E-state index contributed by atoms with van der Waals surface area (Å²) < 4.78 is 41.5. The van der Waals surface area contributed by atoms with E-state index in [2.05, 4.69) is 24.2 Å². The number of nitrogens with two attached hydrogens (primary N) is 1. The number of hydrogen-bond donors (Lipinski definition) is 7. The molecular formula is C50H57F2N3O13. The second-order valence-corrected chi connectivity index (χ2v) is 16.2. The van der Waals surface area contributed by atoms with E-state index < -0.39 is 71.7 Å². The quantitative estimate of drug-likeness (QED) is 0.0466. The van der Waals surface area contributed by atoms with Crippen molar-refractivity contribution in [3.05, 3.63) is 154 Å². The van der Waals surface area contributed by atoms with Gasteiger partial charge in [-0.05, 0) is 80.8 Å². The SMILES string of the molecule is C.CCOC(=O)C1=COC(=O)C1.C[C@@](CO)(C[C@@H](Cc1ccc(-c2ccccc2F)cc1)NC(=O)c1coc(=O)[nH]1)C(=O)O.C[C@@](CO)(C[C@H](N)Cc1ccc(-c2ccccc2F)cc1)C(=O)O. The lowest BCUT2D eigenvalue weighted by Gasteiger charge is -2.28. The number of cyclic esters (lactones) is 1. The molecule has 0 fully saturated rings. The van der Waals surface area contributed by atoms with Gasteiger partial charge < -0.3 is 45.4 Å². The molecule has 1 aliphatic rings. The van der Waals surface area contributed by atoms with Crippen LogP contribution in [0.4, 0.5) is 8.78 Å². The molecule has 0 aliphatic carbocycles. The Labute approximate surface area is 391 Å². The Bertz CT molecular complexity index is 2580. The van der Waals surface area contributed by atoms with Gasteiger partial charge in [-0.1, -0.05) is 92.4 Å². The van der Waals surface area contributed by atoms with Crippen molar-refractivity contribution in [3.8, 4) is 22.3 Å². The number of aromatic amines is 1. The minimum absolute atomic E-state index is 0. The van der Waals surface area contributed by atoms with Crippen LogP contribution < -0.4 is 16.8 Å². The third-order valence-electron chi connectivity index (χ3n) is 10.7. The third kappa shape index (κ3) is 15.7. The van der Waals surface area contributed by atoms with Crippen LogP contribution in [0.25, 0.3) is 22.3 Å². The molecule has 1 aliphatic heterocycles. The predicted octanol–water partition coefficient (Wildman–Crippen LogP) is 6.44. The first-order chi connectivity index (χ1) is 31.8. The lowest BCUT2D eigenvalue weighted by molar-refractivity contribution is -0.152. The maximum atomic E-state index is 14.0. The van der Waals surface area contributed by atoms with E-state index >= 15 is 0 Å². The predicted molar refractivity (Wildman–Crippen MR) is 247 cm³/mol. The van der Waals surface area contributed by atoms with Gasteiger partial charge in [-0.2, -0.15) is 0 Å². The van der Waals surface area contributed by atoms with E-state index in [1.807, 2.05) is 24.3 Å². The molecule has 5 aromatic rings. The first kappa shape index (κ1) is 55.1. The zero-order chi connectivity index (χ0) is 49.3. The Morgan fingerprint density at radius 3 is 1.68 bits per heavy atom. The van der Waals surface area contributed by atoms with Gasteiger partial charge >= 0.3 is 29.6 Å². The number of oxazole rings is 1. The maximum absolute atomic E-state index is 14.0. The summed E-state index contributed by atoms with van der Waals surface area (Å²) in [6, 6.07) is 26.2. The highest BCUT2D eigenvalue weighted by Gasteiger charge is 2.36. The summed E-state index contributed by atoms with van der Waals surface area (Å²) in [5.41, 5.74) is 7.63. The molecule has 68 heavy (non-hydrogen) atoms. The smallest absolute Gasteiger partial charge is 0.416 e. The van der Waals surface area contributed by atoms with Gasteiger partial charge in [0.2, 0.25) is 0 Å². The molecular weight excluding hydrogens is 889 g/mol. The molecule has 2 heterocycles. The van der Waals surface area contributed by atoms with E-state index in [0.29, 0.717) is 29.7 Å². The van der Waals surface area contributed by atoms with Crippen LogP contribution in [-0.4, -0.2) is 87.1 Å². The van der Waals surface area contributed by atoms with E-state index in [0.717, 1.165) is 29.2 Å². The van der Waals surface area contributed by atoms with Crippen molar-refractivity contribution >= 4 is 29.8 Å². The number of benzene rings is 4. The number of H-pyrrole nitrogens is 1. The molecule has 4 aromatic carbocycles. The summed E-state index contributed by atoms with van der Waals surface area (Å²) >= 11 is 0. The number of carboxylic acid groups (broad SMARTS) is 2. The summed E-state index contributed by atoms with van der Waals surface area (Å²) in [6.45, 7) is 3.80. The van der Waals surface area contributed by atoms with E-state index in [1.54, 1.807) is 67.6 Å². The molecule has 0 saturated carbocycles. The molecule has 4 atom stereocenters. The van der Waals surface area contributed by atoms with Crippen LogP contribution in [0.15, 0.2) is 124 Å². The largest absolute Gasteiger partial charge is 0.481 e. The van der Waals surface area contributed by atoms with Crippen LogP contribution >= 0.6 is 0 Å². The number of ether oxygens (including phenoxy) is 2. The fraction of sp³-hybridized carbons (Fsp3) is 0.320. The van der Waals surface area contributed by atoms with Crippen LogP contribution in [0, 0.1) is 22.5 Å². The Balaban J connectivity index is 0.000000298. The number of aliphatic hydroxyl groups is 2. The zero-order valence-corrected chi connectivity index (χ0v) is 37.0. The number of aliphatic hydroxyl groups excluding tert-OH is 2. The number of carbonyl (C=O) groups excluding carboxylic acids is 3. The van der Waals surface area contributed by atoms with Gasteiger partial charge in [0.15, 0.2) is 0 Å². The molecule has 6 rings (SSSR count). The molecule has 0 saturated heterocycles. The van der Waals surface area contributed by atoms with Crippen LogP contribution in [0.2, 0.25) is 0 Å². The number of aromatic nitrogens is 1. The number of nitrogens with one attached hydrogen (secondary N) is 2. The summed E-state index contributed by atoms with van der Waals surface area (Å²) in [4.78, 5) is 70.1. The van der Waals surface area contributed by atoms with Crippen molar-refractivity contribution in [2.45, 2.75) is 72.4 Å². The van der Waals surface area contributed by atoms with E-state index in [1.165, 1.54) is 26.0 Å². The van der Waals surface area contributed by atoms with Crippen molar-refractivity contribution in [3.63, 3.8) is 0 Å². The Kier molecular flexibility index (Phi) is 20.7. The zero-order valence-electron chi connectivity index (χ0n) is 37.0. The van der Waals surface area contributed by atoms with Crippen molar-refractivity contribution < 1.29 is 67.1 Å². The number of halogens is 2. The van der Waals surface area contributed by atoms with Gasteiger partial charge in [0.05, 0.1) is 42.6 Å². The van der Waals surface area contributed by atoms with E-state index in [9.17, 15) is 58.0 Å². The maximum Gasteiger partial charge on any atom is 0.416 e. The molecule has 0 spiro atoms. The van der Waals surface area contributed by atoms with Crippen molar-refractivity contribution in [2.75, 3.05) is 19.8 Å². The van der Waals surface area contributed by atoms with Crippen LogP contribution in [0.1, 0.15) is 69.1 Å². The van der Waals surface area contributed by atoms with Crippen LogP contribution in [0.5, 0.6) is 0 Å². The number of carboxylic acids is 2. The topological polar surface area (TPSA) is 269 Å². The number of aliphatic carboxylic acids is 2. The van der Waals surface area contributed by atoms with Gasteiger partial charge in [0.1, 0.15) is 29.9 Å². The summed E-state index contributed by atoms with van der Waals surface area (Å²) in [6.07, 6.45) is 2.98. The summed E-state index contributed by atoms with van der Waals surface area (Å²) in [7, 11) is 0. The standard InChI is InChI=1S/C23H23FN2O6.C19H22FNO3.C7H8O4.CH4/c1-23(13-27,21(29)30)11-16(25-20(28)19-12-32-22(31)26-19)10-14-6-8-15(9-7-14)17-4-2-3-5-18(17)24;1-19(12-22,18(23)24)11-15(21)10-13-6-8-14(9-7-13)16-4-2-3-5-17(16)20;1-2-10-7(9)5-3-6(8)11-4-5;/h2-9,12,16,27H,10-11,13H2,1H3,(H,25,28)(H,26,31)(H,29,30);2-9,15,22H,10-12,21H2,1H3,(H,23,24);4H,2-3H2,1H3;1H4/t16-,23+;15-,19+;;/m11../s1. The number of amides is 1. The molecule has 0 unspecified atom stereocenters. The summed E-state index contributed by atoms with van der Waals surface area (Å²) in [5.74, 6) is -5.20. The van der Waals surface area contributed by atoms with Crippen molar-refractivity contribution in [2.24, 2.45) is 16.6 Å². The second kappa shape index (κ2) is 25.6. The average molecular weight is 946 g/mol. The lowest BCUT2D eigenvalue weighted by atomic mass is 9.82. The highest BCUT2D eigenvalue weighted by Crippen LogP contribution is 2.28. The minimum atomic E-state index is -1.49. The van der Waals surface area contributed by atoms with Gasteiger partial charge in [0, 0.05) is 23.2 Å². The highest BCUT2D eigenvalue weighted by molar-refractivity contribution is 5.96. The molecule has 18 heteroatoms. The van der Waals surface area contributed by atoms with Crippen molar-refractivity contribution in [1.82, 2.24) is 10.3 Å². The Hall–Kier alpha value is -7.28. The average Bonchev–Trinajstić information content (AvgIpc) is 3.95. The Morgan fingerprint density at radius 1 is 0.779 bits per heavy atom. The monoisotopic (exact) mass is 945 g/mol. The number of carbonyl (C=O) groups is 5. The Morgan fingerprint density at radius 2 is 1.26 bits per heavy atom. The second-order valence-electron chi connectivity index (χ2n) is 16.2. The fourth-order valence-electron chi connectivity index (χ4n) is 6.80. The molecule has 1 aromatic heterocycles. The molecule has 0 bridgehead atoms. The summed E-state index contributed by atoms with van der Waals surface area (Å²) in [5, 5.41) is 40.3. The van der Waals surface area contributed by atoms with Gasteiger partial charge in [-0.15, -0.1) is 0 Å². The van der Waals surface area contributed by atoms with Gasteiger partial charge in [-0.25, -0.2) is 18.4 Å². The lowest BCUT2D eigenvalue weighted by Crippen LogP contribution is -2.44. The fourth-order valence-corrected chi connectivity index (χ4v) is 6.80. The van der Waals surface area contributed by atoms with Crippen LogP contribution in [0.3, 0.4) is 0 Å². The van der Waals surface area contributed by atoms with Gasteiger partial charge in [-0.3, -0.25) is 24.2 Å². The number of esters is 2. The number of hydrogen-bond acceptors (Lipinski definition) is 12. The van der Waals surface area contributed by atoms with Gasteiger partial charge in [0.25, 0.3) is 5.91 Å². The first-order valence-electron chi connectivity index (χ1n) is 21.0.